The molecule has 0 spiro atoms. The molecule has 4 heteroatoms. The molecule has 1 fully saturated rings. The van der Waals surface area contributed by atoms with Crippen molar-refractivity contribution >= 4 is 11.8 Å². The molecule has 1 saturated carbocycles. The van der Waals surface area contributed by atoms with Gasteiger partial charge in [0.25, 0.3) is 0 Å². The second kappa shape index (κ2) is 10.2. The van der Waals surface area contributed by atoms with E-state index in [0.29, 0.717) is 19.4 Å². The molecular formula is C25H32N2O2. The topological polar surface area (TPSA) is 49.4 Å². The minimum atomic E-state index is -0.488. The SMILES string of the molecule is Cc1ccccc1CN(C(=O)CCc1ccccc1)[C@H](C)C(=O)NC1CCCC1. The van der Waals surface area contributed by atoms with Crippen LogP contribution in [0.1, 0.15) is 55.7 Å². The standard InChI is InChI=1S/C25H32N2O2/c1-19-10-6-7-13-22(19)18-27(20(2)25(29)26-23-14-8-9-15-23)24(28)17-16-21-11-4-3-5-12-21/h3-7,10-13,20,23H,8-9,14-18H2,1-2H3,(H,26,29)/t20-/m1/s1. The van der Waals surface area contributed by atoms with Gasteiger partial charge >= 0.3 is 0 Å². The first-order valence-electron chi connectivity index (χ1n) is 10.7. The molecule has 3 rings (SSSR count). The zero-order valence-electron chi connectivity index (χ0n) is 17.6. The van der Waals surface area contributed by atoms with Gasteiger partial charge in [0.1, 0.15) is 6.04 Å². The molecule has 0 saturated heterocycles. The van der Waals surface area contributed by atoms with Gasteiger partial charge in [0.15, 0.2) is 0 Å². The molecule has 0 aromatic heterocycles. The van der Waals surface area contributed by atoms with Crippen molar-refractivity contribution in [1.82, 2.24) is 10.2 Å². The highest BCUT2D eigenvalue weighted by molar-refractivity contribution is 5.87. The molecule has 2 aromatic rings. The Balaban J connectivity index is 1.71. The highest BCUT2D eigenvalue weighted by Crippen LogP contribution is 2.19. The molecule has 2 aromatic carbocycles. The van der Waals surface area contributed by atoms with Crippen LogP contribution in [-0.4, -0.2) is 28.8 Å². The van der Waals surface area contributed by atoms with Gasteiger partial charge < -0.3 is 10.2 Å². The number of amides is 2. The molecule has 0 aliphatic heterocycles. The highest BCUT2D eigenvalue weighted by Gasteiger charge is 2.28. The first-order chi connectivity index (χ1) is 14.0. The van der Waals surface area contributed by atoms with Crippen LogP contribution in [0.4, 0.5) is 0 Å². The lowest BCUT2D eigenvalue weighted by atomic mass is 10.1. The summed E-state index contributed by atoms with van der Waals surface area (Å²) in [5.41, 5.74) is 3.36. The van der Waals surface area contributed by atoms with Gasteiger partial charge in [0.05, 0.1) is 0 Å². The van der Waals surface area contributed by atoms with Gasteiger partial charge in [-0.3, -0.25) is 9.59 Å². The summed E-state index contributed by atoms with van der Waals surface area (Å²) in [6.07, 6.45) is 5.50. The minimum absolute atomic E-state index is 0.0196. The molecule has 1 aliphatic rings. The van der Waals surface area contributed by atoms with Crippen LogP contribution < -0.4 is 5.32 Å². The van der Waals surface area contributed by atoms with E-state index >= 15 is 0 Å². The van der Waals surface area contributed by atoms with Gasteiger partial charge in [0, 0.05) is 19.0 Å². The van der Waals surface area contributed by atoms with Gasteiger partial charge in [-0.15, -0.1) is 0 Å². The highest BCUT2D eigenvalue weighted by atomic mass is 16.2. The Morgan fingerprint density at radius 1 is 1.03 bits per heavy atom. The summed E-state index contributed by atoms with van der Waals surface area (Å²) < 4.78 is 0. The van der Waals surface area contributed by atoms with Crippen molar-refractivity contribution in [2.75, 3.05) is 0 Å². The van der Waals surface area contributed by atoms with E-state index in [1.165, 1.54) is 12.8 Å². The lowest BCUT2D eigenvalue weighted by molar-refractivity contribution is -0.140. The Kier molecular flexibility index (Phi) is 7.45. The number of hydrogen-bond donors (Lipinski definition) is 1. The third-order valence-electron chi connectivity index (χ3n) is 5.94. The third kappa shape index (κ3) is 5.93. The molecule has 1 N–H and O–H groups in total. The zero-order chi connectivity index (χ0) is 20.6. The molecule has 2 amide bonds. The normalized spacial score (nSPS) is 15.1. The van der Waals surface area contributed by atoms with Crippen LogP contribution in [0.2, 0.25) is 0 Å². The van der Waals surface area contributed by atoms with Gasteiger partial charge in [-0.1, -0.05) is 67.4 Å². The predicted octanol–water partition coefficient (Wildman–Crippen LogP) is 4.40. The van der Waals surface area contributed by atoms with E-state index in [0.717, 1.165) is 29.5 Å². The second-order valence-corrected chi connectivity index (χ2v) is 8.10. The molecule has 0 radical (unpaired) electrons. The smallest absolute Gasteiger partial charge is 0.242 e. The van der Waals surface area contributed by atoms with Crippen LogP contribution in [0.15, 0.2) is 54.6 Å². The molecule has 1 aliphatic carbocycles. The van der Waals surface area contributed by atoms with Crippen LogP contribution in [0.3, 0.4) is 0 Å². The van der Waals surface area contributed by atoms with Crippen molar-refractivity contribution in [3.05, 3.63) is 71.3 Å². The first kappa shape index (κ1) is 21.1. The lowest BCUT2D eigenvalue weighted by Crippen LogP contribution is -2.49. The number of carbonyl (C=O) groups is 2. The van der Waals surface area contributed by atoms with Crippen molar-refractivity contribution < 1.29 is 9.59 Å². The quantitative estimate of drug-likeness (QED) is 0.724. The van der Waals surface area contributed by atoms with Gasteiger partial charge in [-0.05, 0) is 49.8 Å². The summed E-state index contributed by atoms with van der Waals surface area (Å²) >= 11 is 0. The van der Waals surface area contributed by atoms with Crippen LogP contribution in [-0.2, 0) is 22.6 Å². The Bertz CT molecular complexity index is 813. The van der Waals surface area contributed by atoms with Gasteiger partial charge in [-0.25, -0.2) is 0 Å². The average Bonchev–Trinajstić information content (AvgIpc) is 3.24. The molecular weight excluding hydrogens is 360 g/mol. The number of hydrogen-bond acceptors (Lipinski definition) is 2. The maximum atomic E-state index is 13.2. The Hall–Kier alpha value is -2.62. The Morgan fingerprint density at radius 3 is 2.38 bits per heavy atom. The van der Waals surface area contributed by atoms with E-state index in [2.05, 4.69) is 5.32 Å². The van der Waals surface area contributed by atoms with E-state index < -0.39 is 6.04 Å². The predicted molar refractivity (Wildman–Crippen MR) is 116 cm³/mol. The number of nitrogens with zero attached hydrogens (tertiary/aromatic N) is 1. The van der Waals surface area contributed by atoms with Gasteiger partial charge in [-0.2, -0.15) is 0 Å². The summed E-state index contributed by atoms with van der Waals surface area (Å²) in [4.78, 5) is 27.8. The molecule has 0 heterocycles. The van der Waals surface area contributed by atoms with Crippen LogP contribution >= 0.6 is 0 Å². The van der Waals surface area contributed by atoms with Crippen molar-refractivity contribution in [2.45, 2.75) is 71.0 Å². The number of benzene rings is 2. The van der Waals surface area contributed by atoms with Crippen LogP contribution in [0, 0.1) is 6.92 Å². The molecule has 0 unspecified atom stereocenters. The maximum absolute atomic E-state index is 13.2. The molecule has 0 bridgehead atoms. The number of carbonyl (C=O) groups excluding carboxylic acids is 2. The van der Waals surface area contributed by atoms with Crippen molar-refractivity contribution in [3.8, 4) is 0 Å². The third-order valence-corrected chi connectivity index (χ3v) is 5.94. The number of rotatable bonds is 8. The molecule has 4 nitrogen and oxygen atoms in total. The van der Waals surface area contributed by atoms with E-state index in [4.69, 9.17) is 0 Å². The fourth-order valence-corrected chi connectivity index (χ4v) is 3.99. The van der Waals surface area contributed by atoms with E-state index in [1.54, 1.807) is 4.90 Å². The van der Waals surface area contributed by atoms with Crippen molar-refractivity contribution in [3.63, 3.8) is 0 Å². The van der Waals surface area contributed by atoms with Crippen molar-refractivity contribution in [2.24, 2.45) is 0 Å². The summed E-state index contributed by atoms with van der Waals surface area (Å²) in [5, 5.41) is 3.16. The summed E-state index contributed by atoms with van der Waals surface area (Å²) in [6, 6.07) is 17.9. The lowest BCUT2D eigenvalue weighted by Gasteiger charge is -2.30. The van der Waals surface area contributed by atoms with E-state index in [-0.39, 0.29) is 17.9 Å². The Labute approximate surface area is 174 Å². The maximum Gasteiger partial charge on any atom is 0.242 e. The van der Waals surface area contributed by atoms with E-state index in [9.17, 15) is 9.59 Å². The van der Waals surface area contributed by atoms with Gasteiger partial charge in [0.2, 0.25) is 11.8 Å². The second-order valence-electron chi connectivity index (χ2n) is 8.10. The summed E-state index contributed by atoms with van der Waals surface area (Å²) in [6.45, 7) is 4.35. The number of aryl methyl sites for hydroxylation is 2. The van der Waals surface area contributed by atoms with Crippen LogP contribution in [0.5, 0.6) is 0 Å². The zero-order valence-corrected chi connectivity index (χ0v) is 17.6. The molecule has 29 heavy (non-hydrogen) atoms. The average molecular weight is 393 g/mol. The summed E-state index contributed by atoms with van der Waals surface area (Å²) in [5.74, 6) is -0.0234. The Morgan fingerprint density at radius 2 is 1.69 bits per heavy atom. The fraction of sp³-hybridized carbons (Fsp3) is 0.440. The number of nitrogens with one attached hydrogen (secondary N) is 1. The monoisotopic (exact) mass is 392 g/mol. The van der Waals surface area contributed by atoms with Crippen LogP contribution in [0.25, 0.3) is 0 Å². The molecule has 1 atom stereocenters. The first-order valence-corrected chi connectivity index (χ1v) is 10.7. The van der Waals surface area contributed by atoms with Crippen molar-refractivity contribution in [1.29, 1.82) is 0 Å². The molecule has 154 valence electrons. The summed E-state index contributed by atoms with van der Waals surface area (Å²) in [7, 11) is 0. The fourth-order valence-electron chi connectivity index (χ4n) is 3.99. The van der Waals surface area contributed by atoms with E-state index in [1.807, 2.05) is 68.4 Å². The minimum Gasteiger partial charge on any atom is -0.352 e. The largest absolute Gasteiger partial charge is 0.352 e.